The lowest BCUT2D eigenvalue weighted by Gasteiger charge is -2.22. The van der Waals surface area contributed by atoms with E-state index in [2.05, 4.69) is 31.3 Å². The van der Waals surface area contributed by atoms with Crippen molar-refractivity contribution in [3.8, 4) is 0 Å². The lowest BCUT2D eigenvalue weighted by atomic mass is 9.96. The van der Waals surface area contributed by atoms with Crippen molar-refractivity contribution in [2.24, 2.45) is 5.92 Å². The summed E-state index contributed by atoms with van der Waals surface area (Å²) in [5.41, 5.74) is 1.25. The number of rotatable bonds is 5. The highest BCUT2D eigenvalue weighted by Crippen LogP contribution is 2.23. The Morgan fingerprint density at radius 2 is 1.79 bits per heavy atom. The molecule has 2 aromatic rings. The highest BCUT2D eigenvalue weighted by atomic mass is 35.5. The van der Waals surface area contributed by atoms with Gasteiger partial charge < -0.3 is 9.73 Å². The van der Waals surface area contributed by atoms with E-state index in [1.54, 1.807) is 0 Å². The molecule has 2 nitrogen and oxygen atoms in total. The van der Waals surface area contributed by atoms with Crippen LogP contribution in [0.25, 0.3) is 0 Å². The molecule has 0 aliphatic carbocycles. The standard InChI is InChI=1S/C16H20ClNO/c1-11(2)16(13-5-7-14(17)8-6-13)18-10-15-9-4-12(3)19-15/h4-9,11,16,18H,10H2,1-3H3. The molecule has 0 fully saturated rings. The van der Waals surface area contributed by atoms with Crippen LogP contribution in [0.3, 0.4) is 0 Å². The van der Waals surface area contributed by atoms with Gasteiger partial charge in [-0.2, -0.15) is 0 Å². The summed E-state index contributed by atoms with van der Waals surface area (Å²) < 4.78 is 5.59. The summed E-state index contributed by atoms with van der Waals surface area (Å²) in [6, 6.07) is 12.3. The second-order valence-electron chi connectivity index (χ2n) is 5.17. The number of aryl methyl sites for hydroxylation is 1. The minimum atomic E-state index is 0.294. The molecule has 2 rings (SSSR count). The topological polar surface area (TPSA) is 25.2 Å². The van der Waals surface area contributed by atoms with E-state index in [0.717, 1.165) is 23.1 Å². The number of hydrogen-bond donors (Lipinski definition) is 1. The smallest absolute Gasteiger partial charge is 0.117 e. The Bertz CT molecular complexity index is 516. The van der Waals surface area contributed by atoms with E-state index >= 15 is 0 Å². The van der Waals surface area contributed by atoms with Crippen LogP contribution >= 0.6 is 11.6 Å². The maximum absolute atomic E-state index is 5.94. The normalized spacial score (nSPS) is 12.9. The van der Waals surface area contributed by atoms with Crippen molar-refractivity contribution in [3.05, 3.63) is 58.5 Å². The molecule has 1 unspecified atom stereocenters. The Balaban J connectivity index is 2.06. The zero-order valence-electron chi connectivity index (χ0n) is 11.6. The minimum Gasteiger partial charge on any atom is -0.465 e. The lowest BCUT2D eigenvalue weighted by Crippen LogP contribution is -2.25. The highest BCUT2D eigenvalue weighted by Gasteiger charge is 2.15. The van der Waals surface area contributed by atoms with Crippen molar-refractivity contribution >= 4 is 11.6 Å². The Hall–Kier alpha value is -1.25. The maximum atomic E-state index is 5.94. The van der Waals surface area contributed by atoms with Crippen LogP contribution in [0.15, 0.2) is 40.8 Å². The van der Waals surface area contributed by atoms with Gasteiger partial charge in [0.05, 0.1) is 6.54 Å². The van der Waals surface area contributed by atoms with E-state index in [1.165, 1.54) is 5.56 Å². The Kier molecular flexibility index (Phi) is 4.67. The third kappa shape index (κ3) is 3.85. The fourth-order valence-corrected chi connectivity index (χ4v) is 2.33. The van der Waals surface area contributed by atoms with E-state index < -0.39 is 0 Å². The van der Waals surface area contributed by atoms with Gasteiger partial charge in [-0.15, -0.1) is 0 Å². The van der Waals surface area contributed by atoms with Gasteiger partial charge in [-0.1, -0.05) is 37.6 Å². The van der Waals surface area contributed by atoms with Crippen LogP contribution in [0, 0.1) is 12.8 Å². The molecule has 1 aromatic heterocycles. The molecule has 1 N–H and O–H groups in total. The summed E-state index contributed by atoms with van der Waals surface area (Å²) >= 11 is 5.94. The predicted octanol–water partition coefficient (Wildman–Crippen LogP) is 4.73. The van der Waals surface area contributed by atoms with Gasteiger partial charge in [0.1, 0.15) is 11.5 Å². The molecule has 1 heterocycles. The van der Waals surface area contributed by atoms with Gasteiger partial charge in [-0.25, -0.2) is 0 Å². The molecular weight excluding hydrogens is 258 g/mol. The van der Waals surface area contributed by atoms with Crippen molar-refractivity contribution < 1.29 is 4.42 Å². The second-order valence-corrected chi connectivity index (χ2v) is 5.60. The molecule has 3 heteroatoms. The molecule has 0 saturated carbocycles. The second kappa shape index (κ2) is 6.27. The van der Waals surface area contributed by atoms with E-state index in [-0.39, 0.29) is 0 Å². The zero-order valence-corrected chi connectivity index (χ0v) is 12.4. The van der Waals surface area contributed by atoms with E-state index in [9.17, 15) is 0 Å². The van der Waals surface area contributed by atoms with Gasteiger partial charge >= 0.3 is 0 Å². The van der Waals surface area contributed by atoms with Crippen LogP contribution in [0.4, 0.5) is 0 Å². The first kappa shape index (κ1) is 14.2. The van der Waals surface area contributed by atoms with Gasteiger partial charge in [-0.3, -0.25) is 0 Å². The Labute approximate surface area is 119 Å². The van der Waals surface area contributed by atoms with Crippen molar-refractivity contribution in [2.75, 3.05) is 0 Å². The molecule has 0 amide bonds. The fraction of sp³-hybridized carbons (Fsp3) is 0.375. The zero-order chi connectivity index (χ0) is 13.8. The first-order valence-corrected chi connectivity index (χ1v) is 6.98. The number of nitrogens with one attached hydrogen (secondary N) is 1. The van der Waals surface area contributed by atoms with Crippen LogP contribution in [0.5, 0.6) is 0 Å². The molecule has 0 radical (unpaired) electrons. The molecule has 19 heavy (non-hydrogen) atoms. The maximum Gasteiger partial charge on any atom is 0.117 e. The van der Waals surface area contributed by atoms with Gasteiger partial charge in [0.2, 0.25) is 0 Å². The third-order valence-electron chi connectivity index (χ3n) is 3.19. The average molecular weight is 278 g/mol. The molecule has 102 valence electrons. The van der Waals surface area contributed by atoms with Crippen LogP contribution < -0.4 is 5.32 Å². The Morgan fingerprint density at radius 3 is 2.32 bits per heavy atom. The molecule has 1 atom stereocenters. The molecule has 0 aliphatic rings. The highest BCUT2D eigenvalue weighted by molar-refractivity contribution is 6.30. The van der Waals surface area contributed by atoms with Crippen molar-refractivity contribution in [1.29, 1.82) is 0 Å². The third-order valence-corrected chi connectivity index (χ3v) is 3.44. The van der Waals surface area contributed by atoms with E-state index in [0.29, 0.717) is 12.0 Å². The van der Waals surface area contributed by atoms with Gasteiger partial charge in [0.25, 0.3) is 0 Å². The molecular formula is C16H20ClNO. The summed E-state index contributed by atoms with van der Waals surface area (Å²) in [4.78, 5) is 0. The molecule has 0 bridgehead atoms. The SMILES string of the molecule is Cc1ccc(CNC(c2ccc(Cl)cc2)C(C)C)o1. The van der Waals surface area contributed by atoms with Crippen LogP contribution in [0.2, 0.25) is 5.02 Å². The van der Waals surface area contributed by atoms with Gasteiger partial charge in [0, 0.05) is 11.1 Å². The molecule has 1 aromatic carbocycles. The van der Waals surface area contributed by atoms with Gasteiger partial charge in [-0.05, 0) is 42.7 Å². The van der Waals surface area contributed by atoms with Gasteiger partial charge in [0.15, 0.2) is 0 Å². The Morgan fingerprint density at radius 1 is 1.11 bits per heavy atom. The summed E-state index contributed by atoms with van der Waals surface area (Å²) in [5.74, 6) is 2.42. The van der Waals surface area contributed by atoms with E-state index in [4.69, 9.17) is 16.0 Å². The summed E-state index contributed by atoms with van der Waals surface area (Å²) in [5, 5.41) is 4.32. The largest absolute Gasteiger partial charge is 0.465 e. The summed E-state index contributed by atoms with van der Waals surface area (Å²) in [6.45, 7) is 7.11. The fourth-order valence-electron chi connectivity index (χ4n) is 2.20. The van der Waals surface area contributed by atoms with Crippen molar-refractivity contribution in [2.45, 2.75) is 33.4 Å². The molecule has 0 saturated heterocycles. The van der Waals surface area contributed by atoms with Crippen LogP contribution in [0.1, 0.15) is 37.0 Å². The first-order valence-electron chi connectivity index (χ1n) is 6.60. The molecule has 0 spiro atoms. The molecule has 0 aliphatic heterocycles. The number of halogens is 1. The number of hydrogen-bond acceptors (Lipinski definition) is 2. The summed E-state index contributed by atoms with van der Waals surface area (Å²) in [6.07, 6.45) is 0. The first-order chi connectivity index (χ1) is 9.06. The summed E-state index contributed by atoms with van der Waals surface area (Å²) in [7, 11) is 0. The van der Waals surface area contributed by atoms with E-state index in [1.807, 2.05) is 31.2 Å². The number of furan rings is 1. The lowest BCUT2D eigenvalue weighted by molar-refractivity contribution is 0.379. The van der Waals surface area contributed by atoms with Crippen molar-refractivity contribution in [1.82, 2.24) is 5.32 Å². The van der Waals surface area contributed by atoms with Crippen LogP contribution in [-0.2, 0) is 6.54 Å². The van der Waals surface area contributed by atoms with Crippen molar-refractivity contribution in [3.63, 3.8) is 0 Å². The monoisotopic (exact) mass is 277 g/mol. The van der Waals surface area contributed by atoms with Crippen LogP contribution in [-0.4, -0.2) is 0 Å². The predicted molar refractivity (Wildman–Crippen MR) is 79.3 cm³/mol. The number of benzene rings is 1. The quantitative estimate of drug-likeness (QED) is 0.855. The minimum absolute atomic E-state index is 0.294. The average Bonchev–Trinajstić information content (AvgIpc) is 2.77.